The van der Waals surface area contributed by atoms with E-state index < -0.39 is 25.2 Å². The number of aliphatic carboxylic acids is 1. The van der Waals surface area contributed by atoms with Gasteiger partial charge in [-0.15, -0.1) is 18.0 Å². The lowest BCUT2D eigenvalue weighted by Gasteiger charge is -2.28. The fourth-order valence-electron chi connectivity index (χ4n) is 5.66. The highest BCUT2D eigenvalue weighted by molar-refractivity contribution is 7.57. The quantitative estimate of drug-likeness (QED) is 0.0963. The molecule has 2 unspecified atom stereocenters. The first-order valence-corrected chi connectivity index (χ1v) is 21.1. The number of aromatic nitrogens is 2. The molecule has 3 aromatic rings. The number of carbonyl (C=O) groups excluding carboxylic acids is 2. The maximum Gasteiger partial charge on any atom is 0.320 e. The average molecular weight is 823 g/mol. The molecule has 55 heavy (non-hydrogen) atoms. The number of nitrogens with two attached hydrogens (primary N) is 1. The maximum atomic E-state index is 14.5. The molecule has 0 saturated carbocycles. The molecule has 0 radical (unpaired) electrons. The number of benzene rings is 2. The molecule has 2 aromatic carbocycles. The molecule has 14 nitrogen and oxygen atoms in total. The van der Waals surface area contributed by atoms with E-state index in [2.05, 4.69) is 36.1 Å². The zero-order valence-corrected chi connectivity index (χ0v) is 34.3. The van der Waals surface area contributed by atoms with Crippen LogP contribution >= 0.6 is 30.5 Å². The Labute approximate surface area is 329 Å². The van der Waals surface area contributed by atoms with Crippen LogP contribution in [-0.4, -0.2) is 88.0 Å². The van der Waals surface area contributed by atoms with Crippen LogP contribution in [0.3, 0.4) is 0 Å². The van der Waals surface area contributed by atoms with Crippen molar-refractivity contribution < 1.29 is 42.8 Å². The number of halogens is 2. The maximum absolute atomic E-state index is 14.5. The van der Waals surface area contributed by atoms with Crippen molar-refractivity contribution in [2.24, 2.45) is 16.1 Å². The number of terminal acetylenes is 1. The van der Waals surface area contributed by atoms with Crippen molar-refractivity contribution in [3.05, 3.63) is 57.9 Å². The predicted octanol–water partition coefficient (Wildman–Crippen LogP) is 5.07. The van der Waals surface area contributed by atoms with Gasteiger partial charge in [0.1, 0.15) is 35.9 Å². The molecule has 2 amide bonds. The lowest BCUT2D eigenvalue weighted by molar-refractivity contribution is -0.138. The van der Waals surface area contributed by atoms with Crippen LogP contribution in [0.1, 0.15) is 51.1 Å². The Morgan fingerprint density at radius 2 is 2.04 bits per heavy atom. The van der Waals surface area contributed by atoms with Crippen molar-refractivity contribution >= 4 is 65.3 Å². The lowest BCUT2D eigenvalue weighted by Crippen LogP contribution is -2.39. The van der Waals surface area contributed by atoms with Crippen LogP contribution in [0.15, 0.2) is 35.3 Å². The van der Waals surface area contributed by atoms with Gasteiger partial charge in [0.25, 0.3) is 5.91 Å². The number of para-hydroxylation sites is 1. The first-order valence-electron chi connectivity index (χ1n) is 17.5. The molecule has 0 fully saturated rings. The zero-order valence-electron chi connectivity index (χ0n) is 31.9. The summed E-state index contributed by atoms with van der Waals surface area (Å²) in [5.41, 5.74) is 8.89. The minimum absolute atomic E-state index is 0.0371. The van der Waals surface area contributed by atoms with Crippen LogP contribution in [0.5, 0.6) is 5.75 Å². The van der Waals surface area contributed by atoms with Crippen molar-refractivity contribution in [2.75, 3.05) is 55.0 Å². The molecule has 0 saturated heterocycles. The molecular weight excluding hydrogens is 774 g/mol. The Balaban J connectivity index is 0.000000244. The Morgan fingerprint density at radius 1 is 1.33 bits per heavy atom. The van der Waals surface area contributed by atoms with Gasteiger partial charge in [-0.05, 0) is 49.3 Å². The molecule has 2 atom stereocenters. The summed E-state index contributed by atoms with van der Waals surface area (Å²) in [7, 11) is -3.10. The van der Waals surface area contributed by atoms with Crippen LogP contribution in [0, 0.1) is 30.5 Å². The Bertz CT molecular complexity index is 2010. The summed E-state index contributed by atoms with van der Waals surface area (Å²) in [6.07, 6.45) is 7.09. The van der Waals surface area contributed by atoms with Crippen LogP contribution in [0.4, 0.5) is 21.5 Å². The van der Waals surface area contributed by atoms with Crippen LogP contribution < -0.4 is 25.1 Å². The highest BCUT2D eigenvalue weighted by atomic mass is 35.5. The first kappa shape index (κ1) is 45.3. The van der Waals surface area contributed by atoms with Crippen LogP contribution in [-0.2, 0) is 43.1 Å². The van der Waals surface area contributed by atoms with E-state index >= 15 is 0 Å². The van der Waals surface area contributed by atoms with E-state index in [0.717, 1.165) is 42.0 Å². The normalized spacial score (nSPS) is 15.8. The van der Waals surface area contributed by atoms with Crippen molar-refractivity contribution in [1.82, 2.24) is 8.94 Å². The van der Waals surface area contributed by atoms with Gasteiger partial charge in [0.2, 0.25) is 10.7 Å². The highest BCUT2D eigenvalue weighted by Gasteiger charge is 2.31. The molecule has 0 aliphatic carbocycles. The number of anilines is 2. The summed E-state index contributed by atoms with van der Waals surface area (Å²) in [6, 6.07) is 7.75. The Hall–Kier alpha value is -4.10. The van der Waals surface area contributed by atoms with Crippen molar-refractivity contribution in [2.45, 2.75) is 66.5 Å². The van der Waals surface area contributed by atoms with Gasteiger partial charge in [0.15, 0.2) is 19.8 Å². The van der Waals surface area contributed by atoms with Gasteiger partial charge >= 0.3 is 5.97 Å². The summed E-state index contributed by atoms with van der Waals surface area (Å²) in [5.74, 6) is 1.61. The number of alkyl halides is 1. The first-order chi connectivity index (χ1) is 25.9. The zero-order chi connectivity index (χ0) is 41.1. The van der Waals surface area contributed by atoms with Crippen molar-refractivity contribution in [1.29, 1.82) is 0 Å². The molecule has 18 heteroatoms. The molecule has 4 N–H and O–H groups in total. The molecule has 3 heterocycles. The van der Waals surface area contributed by atoms with Gasteiger partial charge in [0, 0.05) is 50.0 Å². The SMILES string of the molecule is C#CCN1C(=O)COc2cc(F)c(/N=c3\snc4n3CC(C)(C)C4)cc21.CCOCN(C(=O)CCl)c1c(C)cccc1CC.CP(=O)(O)CCC(N)C(=O)O. The third kappa shape index (κ3) is 12.7. The Kier molecular flexibility index (Phi) is 16.6. The third-order valence-corrected chi connectivity index (χ3v) is 10.5. The molecule has 0 spiro atoms. The minimum atomic E-state index is -3.10. The number of aryl methyl sites for hydroxylation is 2. The van der Waals surface area contributed by atoms with Crippen molar-refractivity contribution in [3.63, 3.8) is 0 Å². The van der Waals surface area contributed by atoms with E-state index in [1.807, 2.05) is 36.6 Å². The Morgan fingerprint density at radius 3 is 2.64 bits per heavy atom. The van der Waals surface area contributed by atoms with E-state index in [-0.39, 0.29) is 61.3 Å². The van der Waals surface area contributed by atoms with Gasteiger partial charge in [-0.25, -0.2) is 9.38 Å². The summed E-state index contributed by atoms with van der Waals surface area (Å²) < 4.78 is 42.3. The summed E-state index contributed by atoms with van der Waals surface area (Å²) in [6.45, 7) is 13.0. The molecule has 0 bridgehead atoms. The number of rotatable bonds is 12. The molecular formula is C37H49ClFN6O8PS. The van der Waals surface area contributed by atoms with E-state index in [1.165, 1.54) is 35.2 Å². The third-order valence-electron chi connectivity index (χ3n) is 8.42. The second-order valence-corrected chi connectivity index (χ2v) is 17.2. The van der Waals surface area contributed by atoms with Crippen LogP contribution in [0.25, 0.3) is 0 Å². The number of fused-ring (bicyclic) bond motifs is 2. The molecule has 5 rings (SSSR count). The molecule has 1 aromatic heterocycles. The second-order valence-electron chi connectivity index (χ2n) is 13.7. The fourth-order valence-corrected chi connectivity index (χ4v) is 7.31. The number of carboxylic acids is 1. The number of carbonyl (C=O) groups is 3. The van der Waals surface area contributed by atoms with Gasteiger partial charge in [0.05, 0.1) is 17.9 Å². The minimum Gasteiger partial charge on any atom is -0.481 e. The standard InChI is InChI=1S/C18H17FN4O2S.C14H20ClNO2.C5H12NO4P/c1-4-5-22-13-7-12(11(19)6-14(13)25-9-16(22)24)20-17-23-10-18(2,3)8-15(23)21-26-17;1-4-12-8-6-7-11(3)14(12)16(10-18-5-2)13(17)9-15;1-11(9,10)3-2-4(6)5(7)8/h1,6-7H,5,8-10H2,2-3H3;6-8H,4-5,9-10H2,1-3H3;4H,2-3,6H2,1H3,(H,7,8)(H,9,10)/b20-17-;;. The van der Waals surface area contributed by atoms with E-state index in [4.69, 9.17) is 43.2 Å². The van der Waals surface area contributed by atoms with Crippen molar-refractivity contribution in [3.8, 4) is 18.1 Å². The number of hydrogen-bond acceptors (Lipinski definition) is 10. The monoisotopic (exact) mass is 822 g/mol. The largest absolute Gasteiger partial charge is 0.481 e. The molecule has 300 valence electrons. The summed E-state index contributed by atoms with van der Waals surface area (Å²) in [4.78, 5) is 51.0. The number of carboxylic acid groups (broad SMARTS) is 1. The smallest absolute Gasteiger partial charge is 0.320 e. The molecule has 2 aliphatic heterocycles. The topological polar surface area (TPSA) is 190 Å². The number of ether oxygens (including phenoxy) is 2. The van der Waals surface area contributed by atoms with E-state index in [0.29, 0.717) is 22.8 Å². The number of amides is 2. The predicted molar refractivity (Wildman–Crippen MR) is 212 cm³/mol. The highest BCUT2D eigenvalue weighted by Crippen LogP contribution is 2.38. The van der Waals surface area contributed by atoms with Crippen LogP contribution in [0.2, 0.25) is 0 Å². The van der Waals surface area contributed by atoms with Gasteiger partial charge in [-0.2, -0.15) is 4.37 Å². The summed E-state index contributed by atoms with van der Waals surface area (Å²) in [5, 5.41) is 8.28. The fraction of sp³-hybridized carbons (Fsp3) is 0.486. The van der Waals surface area contributed by atoms with Gasteiger partial charge in [-0.3, -0.25) is 28.7 Å². The molecule has 2 aliphatic rings. The van der Waals surface area contributed by atoms with E-state index in [9.17, 15) is 23.3 Å². The van der Waals surface area contributed by atoms with Gasteiger partial charge in [-0.1, -0.05) is 44.9 Å². The number of hydrogen-bond donors (Lipinski definition) is 3. The number of nitrogens with zero attached hydrogens (tertiary/aromatic N) is 5. The van der Waals surface area contributed by atoms with E-state index in [1.54, 1.807) is 4.90 Å². The average Bonchev–Trinajstić information content (AvgIpc) is 3.64. The second kappa shape index (κ2) is 20.2. The summed E-state index contributed by atoms with van der Waals surface area (Å²) >= 11 is 6.92. The lowest BCUT2D eigenvalue weighted by atomic mass is 9.92. The van der Waals surface area contributed by atoms with Gasteiger partial charge < -0.3 is 29.8 Å².